The van der Waals surface area contributed by atoms with Crippen molar-refractivity contribution in [3.8, 4) is 0 Å². The third-order valence-electron chi connectivity index (χ3n) is 3.50. The van der Waals surface area contributed by atoms with Gasteiger partial charge in [0.05, 0.1) is 4.88 Å². The number of hydrogen-bond donors (Lipinski definition) is 3. The number of carbonyl (C=O) groups is 2. The van der Waals surface area contributed by atoms with Crippen LogP contribution in [0.15, 0.2) is 17.5 Å². The van der Waals surface area contributed by atoms with E-state index in [4.69, 9.17) is 5.11 Å². The monoisotopic (exact) mass is 312 g/mol. The Hall–Kier alpha value is -1.40. The molecule has 0 bridgehead atoms. The Morgan fingerprint density at radius 1 is 1.43 bits per heavy atom. The van der Waals surface area contributed by atoms with E-state index >= 15 is 0 Å². The molecule has 0 aromatic carbocycles. The molecule has 0 radical (unpaired) electrons. The van der Waals surface area contributed by atoms with Gasteiger partial charge >= 0.3 is 0 Å². The second-order valence-electron chi connectivity index (χ2n) is 5.27. The molecule has 0 fully saturated rings. The summed E-state index contributed by atoms with van der Waals surface area (Å²) in [5, 5.41) is 16.6. The summed E-state index contributed by atoms with van der Waals surface area (Å²) >= 11 is 1.40. The minimum Gasteiger partial charge on any atom is -0.396 e. The fourth-order valence-corrected chi connectivity index (χ4v) is 2.56. The zero-order valence-corrected chi connectivity index (χ0v) is 13.5. The molecule has 1 atom stereocenters. The maximum absolute atomic E-state index is 11.9. The number of nitrogens with one attached hydrogen (secondary N) is 2. The third kappa shape index (κ3) is 6.27. The van der Waals surface area contributed by atoms with Gasteiger partial charge in [0, 0.05) is 25.1 Å². The highest BCUT2D eigenvalue weighted by Gasteiger charge is 2.23. The molecule has 118 valence electrons. The predicted molar refractivity (Wildman–Crippen MR) is 84.4 cm³/mol. The largest absolute Gasteiger partial charge is 0.396 e. The fourth-order valence-electron chi connectivity index (χ4n) is 1.92. The topological polar surface area (TPSA) is 78.4 Å². The minimum atomic E-state index is -0.355. The third-order valence-corrected chi connectivity index (χ3v) is 4.36. The lowest BCUT2D eigenvalue weighted by Gasteiger charge is -2.29. The quantitative estimate of drug-likeness (QED) is 0.610. The average molecular weight is 312 g/mol. The van der Waals surface area contributed by atoms with Crippen molar-refractivity contribution in [1.29, 1.82) is 0 Å². The molecule has 1 aromatic heterocycles. The van der Waals surface area contributed by atoms with Crippen molar-refractivity contribution >= 4 is 23.2 Å². The Labute approximate surface area is 129 Å². The number of hydrogen-bond acceptors (Lipinski definition) is 4. The predicted octanol–water partition coefficient (Wildman–Crippen LogP) is 1.93. The van der Waals surface area contributed by atoms with Crippen LogP contribution in [0.2, 0.25) is 0 Å². The van der Waals surface area contributed by atoms with E-state index in [1.165, 1.54) is 11.3 Å². The lowest BCUT2D eigenvalue weighted by molar-refractivity contribution is -0.123. The van der Waals surface area contributed by atoms with E-state index in [1.807, 2.05) is 25.3 Å². The van der Waals surface area contributed by atoms with Gasteiger partial charge in [-0.15, -0.1) is 11.3 Å². The maximum atomic E-state index is 11.9. The van der Waals surface area contributed by atoms with E-state index in [0.717, 1.165) is 6.42 Å². The molecule has 1 heterocycles. The van der Waals surface area contributed by atoms with E-state index in [0.29, 0.717) is 30.7 Å². The lowest BCUT2D eigenvalue weighted by Crippen LogP contribution is -2.46. The number of rotatable bonds is 9. The van der Waals surface area contributed by atoms with Crippen molar-refractivity contribution in [2.45, 2.75) is 45.1 Å². The number of carbonyl (C=O) groups excluding carboxylic acids is 2. The van der Waals surface area contributed by atoms with Crippen LogP contribution in [0.1, 0.15) is 49.2 Å². The van der Waals surface area contributed by atoms with Crippen LogP contribution in [-0.2, 0) is 4.79 Å². The SMILES string of the molecule is CCC(C)(CCO)NC(=O)CCCNC(=O)c1cccs1. The zero-order chi connectivity index (χ0) is 15.7. The average Bonchev–Trinajstić information content (AvgIpc) is 2.97. The van der Waals surface area contributed by atoms with E-state index in [-0.39, 0.29) is 24.0 Å². The van der Waals surface area contributed by atoms with Crippen LogP contribution < -0.4 is 10.6 Å². The Kier molecular flexibility index (Phi) is 7.39. The van der Waals surface area contributed by atoms with E-state index in [9.17, 15) is 9.59 Å². The zero-order valence-electron chi connectivity index (χ0n) is 12.6. The van der Waals surface area contributed by atoms with Gasteiger partial charge < -0.3 is 15.7 Å². The van der Waals surface area contributed by atoms with Gasteiger partial charge in [-0.25, -0.2) is 0 Å². The first-order valence-corrected chi connectivity index (χ1v) is 8.12. The van der Waals surface area contributed by atoms with Gasteiger partial charge in [0.1, 0.15) is 0 Å². The first-order valence-electron chi connectivity index (χ1n) is 7.24. The van der Waals surface area contributed by atoms with Crippen molar-refractivity contribution in [3.63, 3.8) is 0 Å². The van der Waals surface area contributed by atoms with Gasteiger partial charge in [-0.1, -0.05) is 13.0 Å². The maximum Gasteiger partial charge on any atom is 0.261 e. The van der Waals surface area contributed by atoms with E-state index in [1.54, 1.807) is 6.07 Å². The lowest BCUT2D eigenvalue weighted by atomic mass is 9.94. The first-order chi connectivity index (χ1) is 10.0. The first kappa shape index (κ1) is 17.7. The number of thiophene rings is 1. The molecule has 0 saturated carbocycles. The van der Waals surface area contributed by atoms with Crippen molar-refractivity contribution in [2.24, 2.45) is 0 Å². The van der Waals surface area contributed by atoms with Crippen molar-refractivity contribution in [1.82, 2.24) is 10.6 Å². The Morgan fingerprint density at radius 3 is 2.76 bits per heavy atom. The van der Waals surface area contributed by atoms with Crippen molar-refractivity contribution < 1.29 is 14.7 Å². The number of aliphatic hydroxyl groups is 1. The Balaban J connectivity index is 2.23. The molecule has 21 heavy (non-hydrogen) atoms. The summed E-state index contributed by atoms with van der Waals surface area (Å²) < 4.78 is 0. The molecule has 3 N–H and O–H groups in total. The van der Waals surface area contributed by atoms with E-state index < -0.39 is 0 Å². The fraction of sp³-hybridized carbons (Fsp3) is 0.600. The van der Waals surface area contributed by atoms with Crippen LogP contribution in [0.4, 0.5) is 0 Å². The summed E-state index contributed by atoms with van der Waals surface area (Å²) in [5.74, 6) is -0.137. The number of aliphatic hydroxyl groups excluding tert-OH is 1. The molecule has 2 amide bonds. The number of amides is 2. The second kappa shape index (κ2) is 8.79. The highest BCUT2D eigenvalue weighted by molar-refractivity contribution is 7.12. The van der Waals surface area contributed by atoms with Gasteiger partial charge in [0.2, 0.25) is 5.91 Å². The van der Waals surface area contributed by atoms with Gasteiger partial charge in [-0.2, -0.15) is 0 Å². The highest BCUT2D eigenvalue weighted by Crippen LogP contribution is 2.14. The molecule has 0 aliphatic rings. The van der Waals surface area contributed by atoms with Gasteiger partial charge in [-0.05, 0) is 37.6 Å². The summed E-state index contributed by atoms with van der Waals surface area (Å²) in [6.45, 7) is 4.45. The van der Waals surface area contributed by atoms with E-state index in [2.05, 4.69) is 10.6 Å². The minimum absolute atomic E-state index is 0.0434. The molecule has 0 aliphatic carbocycles. The van der Waals surface area contributed by atoms with Gasteiger partial charge in [0.15, 0.2) is 0 Å². The molecule has 5 nitrogen and oxygen atoms in total. The molecule has 0 spiro atoms. The summed E-state index contributed by atoms with van der Waals surface area (Å²) in [6, 6.07) is 3.61. The Morgan fingerprint density at radius 2 is 2.19 bits per heavy atom. The molecule has 1 rings (SSSR count). The molecule has 6 heteroatoms. The van der Waals surface area contributed by atoms with Crippen LogP contribution in [0.5, 0.6) is 0 Å². The Bertz CT molecular complexity index is 448. The van der Waals surface area contributed by atoms with Crippen LogP contribution in [0.3, 0.4) is 0 Å². The van der Waals surface area contributed by atoms with Gasteiger partial charge in [-0.3, -0.25) is 9.59 Å². The van der Waals surface area contributed by atoms with Crippen LogP contribution in [-0.4, -0.2) is 35.6 Å². The molecule has 1 unspecified atom stereocenters. The van der Waals surface area contributed by atoms with Crippen molar-refractivity contribution in [2.75, 3.05) is 13.2 Å². The highest BCUT2D eigenvalue weighted by atomic mass is 32.1. The smallest absolute Gasteiger partial charge is 0.261 e. The normalized spacial score (nSPS) is 13.5. The molecule has 0 saturated heterocycles. The van der Waals surface area contributed by atoms with Crippen LogP contribution >= 0.6 is 11.3 Å². The van der Waals surface area contributed by atoms with Crippen molar-refractivity contribution in [3.05, 3.63) is 22.4 Å². The standard InChI is InChI=1S/C15H24N2O3S/c1-3-15(2,8-10-18)17-13(19)7-4-9-16-14(20)12-6-5-11-21-12/h5-6,11,18H,3-4,7-10H2,1-2H3,(H,16,20)(H,17,19). The van der Waals surface area contributed by atoms with Gasteiger partial charge in [0.25, 0.3) is 5.91 Å². The molecule has 0 aliphatic heterocycles. The summed E-state index contributed by atoms with van der Waals surface area (Å²) in [7, 11) is 0. The second-order valence-corrected chi connectivity index (χ2v) is 6.22. The molecular formula is C15H24N2O3S. The summed E-state index contributed by atoms with van der Waals surface area (Å²) in [4.78, 5) is 24.2. The molecular weight excluding hydrogens is 288 g/mol. The molecule has 1 aromatic rings. The van der Waals surface area contributed by atoms with Crippen LogP contribution in [0, 0.1) is 0 Å². The van der Waals surface area contributed by atoms with Crippen LogP contribution in [0.25, 0.3) is 0 Å². The summed E-state index contributed by atoms with van der Waals surface area (Å²) in [5.41, 5.74) is -0.355. The summed E-state index contributed by atoms with van der Waals surface area (Å²) in [6.07, 6.45) is 2.28.